The van der Waals surface area contributed by atoms with Crippen LogP contribution in [0.4, 0.5) is 0 Å². The molecule has 38 heavy (non-hydrogen) atoms. The lowest BCUT2D eigenvalue weighted by Crippen LogP contribution is -2.46. The van der Waals surface area contributed by atoms with E-state index >= 15 is 0 Å². The number of nitrogens with zero attached hydrogens (tertiary/aromatic N) is 2. The Morgan fingerprint density at radius 2 is 2.00 bits per heavy atom. The number of amides is 2. The Bertz CT molecular complexity index is 1140. The summed E-state index contributed by atoms with van der Waals surface area (Å²) in [6.45, 7) is 0.385. The molecule has 2 N–H and O–H groups in total. The Labute approximate surface area is 223 Å². The van der Waals surface area contributed by atoms with E-state index in [1.165, 1.54) is 0 Å². The van der Waals surface area contributed by atoms with Crippen LogP contribution in [0.5, 0.6) is 5.75 Å². The lowest BCUT2D eigenvalue weighted by molar-refractivity contribution is -0.158. The van der Waals surface area contributed by atoms with Gasteiger partial charge in [0.05, 0.1) is 32.0 Å². The fraction of sp³-hybridized carbons (Fsp3) is 0.586. The summed E-state index contributed by atoms with van der Waals surface area (Å²) in [7, 11) is 1.63. The summed E-state index contributed by atoms with van der Waals surface area (Å²) in [6.07, 6.45) is 9.90. The number of carbonyl (C=O) groups excluding carboxylic acids is 4. The average Bonchev–Trinajstić information content (AvgIpc) is 3.69. The number of methoxy groups -OCH3 is 1. The van der Waals surface area contributed by atoms with Crippen molar-refractivity contribution in [2.75, 3.05) is 20.2 Å². The summed E-state index contributed by atoms with van der Waals surface area (Å²) in [5.74, 6) is 0.0907. The second-order valence-corrected chi connectivity index (χ2v) is 10.8. The van der Waals surface area contributed by atoms with Crippen LogP contribution in [0.25, 0.3) is 10.9 Å². The molecule has 1 aromatic heterocycles. The molecule has 0 unspecified atom stereocenters. The maximum absolute atomic E-state index is 13.5. The number of rotatable bonds is 14. The number of benzene rings is 1. The molecule has 1 saturated heterocycles. The lowest BCUT2D eigenvalue weighted by atomic mass is 9.91. The van der Waals surface area contributed by atoms with Crippen molar-refractivity contribution in [3.8, 4) is 5.75 Å². The molecule has 2 aliphatic rings. The Morgan fingerprint density at radius 3 is 2.74 bits per heavy atom. The monoisotopic (exact) mass is 525 g/mol. The number of carbonyl (C=O) groups is 4. The van der Waals surface area contributed by atoms with Crippen LogP contribution >= 0.6 is 0 Å². The summed E-state index contributed by atoms with van der Waals surface area (Å²) in [5, 5.41) is 11.4. The Hall–Kier alpha value is -3.20. The van der Waals surface area contributed by atoms with Crippen molar-refractivity contribution < 1.29 is 29.1 Å². The molecule has 0 spiro atoms. The van der Waals surface area contributed by atoms with Crippen molar-refractivity contribution in [2.45, 2.75) is 76.7 Å². The number of ether oxygens (including phenoxy) is 1. The first-order valence-corrected chi connectivity index (χ1v) is 13.8. The highest BCUT2D eigenvalue weighted by Gasteiger charge is 2.38. The lowest BCUT2D eigenvalue weighted by Gasteiger charge is -2.30. The molecule has 1 saturated carbocycles. The number of aryl methyl sites for hydroxylation is 1. The van der Waals surface area contributed by atoms with E-state index in [0.29, 0.717) is 62.5 Å². The van der Waals surface area contributed by atoms with Gasteiger partial charge in [-0.2, -0.15) is 0 Å². The molecule has 0 radical (unpaired) electrons. The summed E-state index contributed by atoms with van der Waals surface area (Å²) >= 11 is 0. The first kappa shape index (κ1) is 27.8. The minimum absolute atomic E-state index is 0.0745. The molecular formula is C29H39N3O6. The summed E-state index contributed by atoms with van der Waals surface area (Å²) in [6, 6.07) is 5.23. The Morgan fingerprint density at radius 1 is 1.21 bits per heavy atom. The molecule has 2 amide bonds. The number of likely N-dealkylation sites (tertiary alicyclic amines) is 1. The van der Waals surface area contributed by atoms with E-state index < -0.39 is 12.0 Å². The zero-order chi connectivity index (χ0) is 27.1. The average molecular weight is 526 g/mol. The molecule has 4 rings (SSSR count). The van der Waals surface area contributed by atoms with Gasteiger partial charge in [-0.05, 0) is 61.8 Å². The van der Waals surface area contributed by atoms with Crippen molar-refractivity contribution in [1.82, 2.24) is 14.9 Å². The van der Waals surface area contributed by atoms with Crippen LogP contribution in [0.1, 0.15) is 69.8 Å². The molecule has 1 aromatic carbocycles. The van der Waals surface area contributed by atoms with E-state index in [4.69, 9.17) is 4.74 Å². The van der Waals surface area contributed by atoms with Gasteiger partial charge in [-0.1, -0.05) is 25.7 Å². The van der Waals surface area contributed by atoms with Crippen molar-refractivity contribution in [3.63, 3.8) is 0 Å². The van der Waals surface area contributed by atoms with E-state index in [-0.39, 0.29) is 30.4 Å². The fourth-order valence-corrected chi connectivity index (χ4v) is 6.14. The molecule has 9 heteroatoms. The van der Waals surface area contributed by atoms with Gasteiger partial charge in [-0.25, -0.2) is 5.06 Å². The van der Waals surface area contributed by atoms with Crippen LogP contribution in [0.15, 0.2) is 24.4 Å². The van der Waals surface area contributed by atoms with Gasteiger partial charge >= 0.3 is 0 Å². The second-order valence-electron chi connectivity index (χ2n) is 10.8. The number of fused-ring (bicyclic) bond motifs is 1. The third-order valence-corrected chi connectivity index (χ3v) is 8.13. The Kier molecular flexibility index (Phi) is 9.55. The first-order valence-electron chi connectivity index (χ1n) is 13.8. The van der Waals surface area contributed by atoms with Gasteiger partial charge in [0, 0.05) is 30.1 Å². The van der Waals surface area contributed by atoms with E-state index in [2.05, 4.69) is 4.98 Å². The zero-order valence-electron chi connectivity index (χ0n) is 22.2. The standard InChI is InChI=1S/C29H39N3O6/c1-38-24-11-12-26-25(16-24)21(17-30-26)8-4-9-23(34)15-28(35)27-10-5-13-32(27)29(36)22(18-31(37)19-33)14-20-6-2-3-7-20/h11-12,16-17,19-20,22,27,30,37H,2-10,13-15,18H2,1H3/t22-,27+/m1/s1. The SMILES string of the molecule is COc1ccc2[nH]cc(CCCC(=O)CC(=O)[C@@H]3CCCN3C(=O)[C@H](CC3CCCC3)CN(O)C=O)c2c1. The van der Waals surface area contributed by atoms with Crippen LogP contribution in [-0.4, -0.2) is 70.3 Å². The van der Waals surface area contributed by atoms with Crippen molar-refractivity contribution in [3.05, 3.63) is 30.0 Å². The van der Waals surface area contributed by atoms with Crippen LogP contribution in [0.3, 0.4) is 0 Å². The van der Waals surface area contributed by atoms with Crippen LogP contribution in [0.2, 0.25) is 0 Å². The smallest absolute Gasteiger partial charge is 0.233 e. The summed E-state index contributed by atoms with van der Waals surface area (Å²) in [4.78, 5) is 55.1. The van der Waals surface area contributed by atoms with Gasteiger partial charge in [0.2, 0.25) is 12.3 Å². The number of ketones is 2. The highest BCUT2D eigenvalue weighted by molar-refractivity contribution is 6.03. The number of hydrogen-bond donors (Lipinski definition) is 2. The number of aromatic nitrogens is 1. The fourth-order valence-electron chi connectivity index (χ4n) is 6.14. The molecule has 2 atom stereocenters. The van der Waals surface area contributed by atoms with E-state index in [0.717, 1.165) is 47.9 Å². The number of hydrogen-bond acceptors (Lipinski definition) is 6. The summed E-state index contributed by atoms with van der Waals surface area (Å²) < 4.78 is 5.32. The molecule has 9 nitrogen and oxygen atoms in total. The highest BCUT2D eigenvalue weighted by Crippen LogP contribution is 2.32. The number of H-pyrrole nitrogens is 1. The molecule has 206 valence electrons. The molecule has 0 bridgehead atoms. The maximum Gasteiger partial charge on any atom is 0.233 e. The van der Waals surface area contributed by atoms with E-state index in [1.54, 1.807) is 12.0 Å². The molecule has 2 fully saturated rings. The second kappa shape index (κ2) is 13.0. The molecular weight excluding hydrogens is 486 g/mol. The van der Waals surface area contributed by atoms with Crippen molar-refractivity contribution in [1.29, 1.82) is 0 Å². The van der Waals surface area contributed by atoms with Gasteiger partial charge in [0.25, 0.3) is 0 Å². The predicted molar refractivity (Wildman–Crippen MR) is 142 cm³/mol. The number of aromatic amines is 1. The molecule has 2 heterocycles. The topological polar surface area (TPSA) is 120 Å². The van der Waals surface area contributed by atoms with Crippen molar-refractivity contribution in [2.24, 2.45) is 11.8 Å². The van der Waals surface area contributed by atoms with Crippen LogP contribution in [-0.2, 0) is 25.6 Å². The predicted octanol–water partition coefficient (Wildman–Crippen LogP) is 4.06. The third-order valence-electron chi connectivity index (χ3n) is 8.13. The maximum atomic E-state index is 13.5. The Balaban J connectivity index is 1.31. The number of hydroxylamine groups is 2. The van der Waals surface area contributed by atoms with Gasteiger partial charge in [0.1, 0.15) is 11.5 Å². The van der Waals surface area contributed by atoms with Gasteiger partial charge in [-0.15, -0.1) is 0 Å². The molecule has 2 aromatic rings. The third kappa shape index (κ3) is 6.81. The minimum Gasteiger partial charge on any atom is -0.497 e. The van der Waals surface area contributed by atoms with Gasteiger partial charge in [-0.3, -0.25) is 24.4 Å². The quantitative estimate of drug-likeness (QED) is 0.166. The first-order chi connectivity index (χ1) is 18.4. The summed E-state index contributed by atoms with van der Waals surface area (Å²) in [5.41, 5.74) is 2.11. The van der Waals surface area contributed by atoms with Crippen LogP contribution in [0, 0.1) is 11.8 Å². The normalized spacial score (nSPS) is 18.6. The van der Waals surface area contributed by atoms with Gasteiger partial charge in [0.15, 0.2) is 5.78 Å². The number of Topliss-reactive ketones (excluding diaryl/α,β-unsaturated/α-hetero) is 2. The van der Waals surface area contributed by atoms with Crippen molar-refractivity contribution >= 4 is 34.8 Å². The van der Waals surface area contributed by atoms with E-state index in [9.17, 15) is 24.4 Å². The highest BCUT2D eigenvalue weighted by atomic mass is 16.5. The van der Waals surface area contributed by atoms with E-state index in [1.807, 2.05) is 24.4 Å². The molecule has 1 aliphatic carbocycles. The molecule has 1 aliphatic heterocycles. The minimum atomic E-state index is -0.609. The van der Waals surface area contributed by atoms with Gasteiger partial charge < -0.3 is 14.6 Å². The zero-order valence-corrected chi connectivity index (χ0v) is 22.2. The number of nitrogens with one attached hydrogen (secondary N) is 1. The van der Waals surface area contributed by atoms with Crippen LogP contribution < -0.4 is 4.74 Å². The largest absolute Gasteiger partial charge is 0.497 e.